The van der Waals surface area contributed by atoms with Gasteiger partial charge in [-0.3, -0.25) is 0 Å². The van der Waals surface area contributed by atoms with Crippen molar-refractivity contribution in [3.63, 3.8) is 0 Å². The summed E-state index contributed by atoms with van der Waals surface area (Å²) in [5, 5.41) is 2.78. The van der Waals surface area contributed by atoms with Crippen LogP contribution in [0.25, 0.3) is 0 Å². The Morgan fingerprint density at radius 3 is 2.14 bits per heavy atom. The monoisotopic (exact) mass is 385 g/mol. The first-order chi connectivity index (χ1) is 13.5. The van der Waals surface area contributed by atoms with Gasteiger partial charge >= 0.3 is 17.9 Å². The van der Waals surface area contributed by atoms with Gasteiger partial charge in [0, 0.05) is 5.69 Å². The second kappa shape index (κ2) is 9.77. The van der Waals surface area contributed by atoms with Gasteiger partial charge in [0.05, 0.1) is 27.4 Å². The highest BCUT2D eigenvalue weighted by molar-refractivity contribution is 5.98. The molecule has 0 atom stereocenters. The second-order valence-corrected chi connectivity index (χ2v) is 5.31. The van der Waals surface area contributed by atoms with Gasteiger partial charge in [-0.15, -0.1) is 0 Å². The van der Waals surface area contributed by atoms with Crippen LogP contribution in [0.1, 0.15) is 10.4 Å². The van der Waals surface area contributed by atoms with Crippen LogP contribution in [0.5, 0.6) is 11.5 Å². The lowest BCUT2D eigenvalue weighted by Crippen LogP contribution is -2.15. The van der Waals surface area contributed by atoms with Crippen molar-refractivity contribution in [1.29, 1.82) is 0 Å². The molecule has 0 aromatic heterocycles. The molecular weight excluding hydrogens is 366 g/mol. The molecule has 1 N–H and O–H groups in total. The van der Waals surface area contributed by atoms with Gasteiger partial charge in [-0.2, -0.15) is 0 Å². The molecule has 0 aliphatic carbocycles. The first-order valence-electron chi connectivity index (χ1n) is 8.08. The minimum absolute atomic E-state index is 0.0842. The molecular formula is C20H19NO7. The number of anilines is 1. The van der Waals surface area contributed by atoms with Crippen molar-refractivity contribution in [2.45, 2.75) is 0 Å². The van der Waals surface area contributed by atoms with E-state index in [1.807, 2.05) is 0 Å². The van der Waals surface area contributed by atoms with Crippen molar-refractivity contribution < 1.29 is 33.3 Å². The number of esters is 3. The van der Waals surface area contributed by atoms with E-state index in [2.05, 4.69) is 14.8 Å². The average molecular weight is 385 g/mol. The predicted octanol–water partition coefficient (Wildman–Crippen LogP) is 2.91. The number of nitrogens with one attached hydrogen (secondary N) is 1. The maximum Gasteiger partial charge on any atom is 0.354 e. The number of hydrogen-bond acceptors (Lipinski definition) is 8. The third-order valence-corrected chi connectivity index (χ3v) is 3.52. The van der Waals surface area contributed by atoms with E-state index in [4.69, 9.17) is 9.47 Å². The van der Waals surface area contributed by atoms with Crippen molar-refractivity contribution >= 4 is 23.6 Å². The summed E-state index contributed by atoms with van der Waals surface area (Å²) in [6.07, 6.45) is 0.989. The van der Waals surface area contributed by atoms with Crippen LogP contribution < -0.4 is 10.1 Å². The Kier molecular flexibility index (Phi) is 7.15. The summed E-state index contributed by atoms with van der Waals surface area (Å²) in [4.78, 5) is 35.0. The lowest BCUT2D eigenvalue weighted by Gasteiger charge is -2.12. The number of ether oxygens (including phenoxy) is 4. The summed E-state index contributed by atoms with van der Waals surface area (Å²) in [6, 6.07) is 13.2. The van der Waals surface area contributed by atoms with Crippen LogP contribution >= 0.6 is 0 Å². The Balaban J connectivity index is 2.18. The molecule has 146 valence electrons. The number of methoxy groups -OCH3 is 3. The van der Waals surface area contributed by atoms with Gasteiger partial charge in [0.25, 0.3) is 0 Å². The van der Waals surface area contributed by atoms with E-state index < -0.39 is 17.9 Å². The lowest BCUT2D eigenvalue weighted by atomic mass is 10.2. The van der Waals surface area contributed by atoms with Crippen LogP contribution in [0.15, 0.2) is 60.3 Å². The third-order valence-electron chi connectivity index (χ3n) is 3.52. The fourth-order valence-corrected chi connectivity index (χ4v) is 2.16. The van der Waals surface area contributed by atoms with Crippen molar-refractivity contribution in [2.24, 2.45) is 0 Å². The van der Waals surface area contributed by atoms with Crippen molar-refractivity contribution in [2.75, 3.05) is 26.6 Å². The summed E-state index contributed by atoms with van der Waals surface area (Å²) in [6.45, 7) is 0. The molecule has 0 heterocycles. The molecule has 0 aliphatic rings. The van der Waals surface area contributed by atoms with Crippen LogP contribution in [0.3, 0.4) is 0 Å². The van der Waals surface area contributed by atoms with Gasteiger partial charge in [0.2, 0.25) is 0 Å². The molecule has 0 saturated heterocycles. The number of rotatable bonds is 7. The quantitative estimate of drug-likeness (QED) is 0.441. The van der Waals surface area contributed by atoms with E-state index in [0.29, 0.717) is 22.7 Å². The standard InChI is InChI=1S/C20H19NO7/c1-25-18(22)12-16(20(24)27-3)21-13-8-10-14(11-9-13)28-17-7-5-4-6-15(17)19(23)26-2/h4-12,21H,1-3H3/b16-12+. The van der Waals surface area contributed by atoms with Gasteiger partial charge in [-0.05, 0) is 36.4 Å². The van der Waals surface area contributed by atoms with Gasteiger partial charge in [-0.25, -0.2) is 14.4 Å². The molecule has 0 fully saturated rings. The highest BCUT2D eigenvalue weighted by Crippen LogP contribution is 2.27. The minimum atomic E-state index is -0.724. The Bertz CT molecular complexity index is 888. The van der Waals surface area contributed by atoms with Gasteiger partial charge in [0.1, 0.15) is 22.8 Å². The summed E-state index contributed by atoms with van der Waals surface area (Å²) in [5.74, 6) is -1.14. The smallest absolute Gasteiger partial charge is 0.354 e. The van der Waals surface area contributed by atoms with Gasteiger partial charge < -0.3 is 24.3 Å². The molecule has 2 aromatic carbocycles. The average Bonchev–Trinajstić information content (AvgIpc) is 2.73. The predicted molar refractivity (Wildman–Crippen MR) is 100 cm³/mol. The number of carbonyl (C=O) groups excluding carboxylic acids is 3. The van der Waals surface area contributed by atoms with E-state index in [-0.39, 0.29) is 5.70 Å². The zero-order valence-electron chi connectivity index (χ0n) is 15.6. The zero-order valence-corrected chi connectivity index (χ0v) is 15.6. The molecule has 0 aliphatic heterocycles. The second-order valence-electron chi connectivity index (χ2n) is 5.31. The van der Waals surface area contributed by atoms with E-state index >= 15 is 0 Å². The van der Waals surface area contributed by atoms with Gasteiger partial charge in [-0.1, -0.05) is 12.1 Å². The lowest BCUT2D eigenvalue weighted by molar-refractivity contribution is -0.138. The van der Waals surface area contributed by atoms with Gasteiger partial charge in [0.15, 0.2) is 0 Å². The number of para-hydroxylation sites is 1. The van der Waals surface area contributed by atoms with Crippen LogP contribution in [0, 0.1) is 0 Å². The molecule has 0 bridgehead atoms. The summed E-state index contributed by atoms with van der Waals surface area (Å²) in [7, 11) is 3.69. The molecule has 8 heteroatoms. The normalized spacial score (nSPS) is 10.6. The fraction of sp³-hybridized carbons (Fsp3) is 0.150. The van der Waals surface area contributed by atoms with E-state index in [0.717, 1.165) is 6.08 Å². The van der Waals surface area contributed by atoms with E-state index in [9.17, 15) is 14.4 Å². The molecule has 0 spiro atoms. The summed E-state index contributed by atoms with van der Waals surface area (Å²) in [5.41, 5.74) is 0.717. The Labute approximate surface area is 161 Å². The Morgan fingerprint density at radius 1 is 0.857 bits per heavy atom. The molecule has 28 heavy (non-hydrogen) atoms. The van der Waals surface area contributed by atoms with Crippen LogP contribution in [-0.4, -0.2) is 39.2 Å². The Morgan fingerprint density at radius 2 is 1.54 bits per heavy atom. The topological polar surface area (TPSA) is 100 Å². The molecule has 0 unspecified atom stereocenters. The number of hydrogen-bond donors (Lipinski definition) is 1. The summed E-state index contributed by atoms with van der Waals surface area (Å²) < 4.78 is 19.6. The van der Waals surface area contributed by atoms with Crippen LogP contribution in [0.2, 0.25) is 0 Å². The highest BCUT2D eigenvalue weighted by Gasteiger charge is 2.14. The minimum Gasteiger partial charge on any atom is -0.466 e. The molecule has 8 nitrogen and oxygen atoms in total. The van der Waals surface area contributed by atoms with Crippen LogP contribution in [-0.2, 0) is 23.8 Å². The number of benzene rings is 2. The third kappa shape index (κ3) is 5.34. The molecule has 0 radical (unpaired) electrons. The first kappa shape index (κ1) is 20.5. The van der Waals surface area contributed by atoms with Crippen LogP contribution in [0.4, 0.5) is 5.69 Å². The zero-order chi connectivity index (χ0) is 20.5. The Hall–Kier alpha value is -3.81. The molecule has 2 aromatic rings. The molecule has 2 rings (SSSR count). The summed E-state index contributed by atoms with van der Waals surface area (Å²) >= 11 is 0. The van der Waals surface area contributed by atoms with Crippen molar-refractivity contribution in [3.05, 3.63) is 65.9 Å². The molecule has 0 saturated carbocycles. The first-order valence-corrected chi connectivity index (χ1v) is 8.08. The SMILES string of the molecule is COC(=O)/C=C(/Nc1ccc(Oc2ccccc2C(=O)OC)cc1)C(=O)OC. The maximum atomic E-state index is 11.8. The molecule has 0 amide bonds. The highest BCUT2D eigenvalue weighted by atomic mass is 16.5. The fourth-order valence-electron chi connectivity index (χ4n) is 2.16. The number of carbonyl (C=O) groups is 3. The van der Waals surface area contributed by atoms with E-state index in [1.54, 1.807) is 48.5 Å². The van der Waals surface area contributed by atoms with Crippen molar-refractivity contribution in [3.8, 4) is 11.5 Å². The maximum absolute atomic E-state index is 11.8. The largest absolute Gasteiger partial charge is 0.466 e. The van der Waals surface area contributed by atoms with E-state index in [1.165, 1.54) is 21.3 Å². The van der Waals surface area contributed by atoms with Crippen molar-refractivity contribution in [1.82, 2.24) is 0 Å².